The van der Waals surface area contributed by atoms with Crippen LogP contribution in [0.1, 0.15) is 11.1 Å². The van der Waals surface area contributed by atoms with Crippen LogP contribution < -0.4 is 19.6 Å². The number of hydrogen-bond donors (Lipinski definition) is 1. The number of hydrazone groups is 1. The Morgan fingerprint density at radius 3 is 2.65 bits per heavy atom. The summed E-state index contributed by atoms with van der Waals surface area (Å²) in [6.07, 6.45) is 1.32. The van der Waals surface area contributed by atoms with E-state index < -0.39 is 4.92 Å². The molecular formula is C17H15N3O6. The van der Waals surface area contributed by atoms with Gasteiger partial charge in [-0.05, 0) is 23.8 Å². The third-order valence-electron chi connectivity index (χ3n) is 3.64. The van der Waals surface area contributed by atoms with Crippen molar-refractivity contribution in [2.45, 2.75) is 6.42 Å². The van der Waals surface area contributed by atoms with Gasteiger partial charge in [-0.3, -0.25) is 14.9 Å². The van der Waals surface area contributed by atoms with Crippen LogP contribution in [0.5, 0.6) is 17.2 Å². The Kier molecular flexibility index (Phi) is 4.97. The first kappa shape index (κ1) is 17.2. The largest absolute Gasteiger partial charge is 0.497 e. The molecule has 9 nitrogen and oxygen atoms in total. The maximum atomic E-state index is 11.9. The Labute approximate surface area is 148 Å². The van der Waals surface area contributed by atoms with Crippen molar-refractivity contribution in [3.63, 3.8) is 0 Å². The van der Waals surface area contributed by atoms with Crippen LogP contribution in [0.2, 0.25) is 0 Å². The second kappa shape index (κ2) is 7.51. The van der Waals surface area contributed by atoms with Gasteiger partial charge in [0.25, 0.3) is 5.69 Å². The number of nitro benzene ring substituents is 1. The average molecular weight is 357 g/mol. The third-order valence-corrected chi connectivity index (χ3v) is 3.64. The Hall–Kier alpha value is -3.62. The quantitative estimate of drug-likeness (QED) is 0.481. The molecule has 0 fully saturated rings. The molecule has 9 heteroatoms. The van der Waals surface area contributed by atoms with Crippen molar-refractivity contribution in [1.82, 2.24) is 5.43 Å². The predicted octanol–water partition coefficient (Wildman–Crippen LogP) is 2.02. The molecule has 1 aliphatic heterocycles. The molecule has 0 atom stereocenters. The lowest BCUT2D eigenvalue weighted by atomic mass is 10.1. The number of rotatable bonds is 6. The molecule has 0 aliphatic carbocycles. The topological polar surface area (TPSA) is 112 Å². The maximum Gasteiger partial charge on any atom is 0.282 e. The molecule has 3 rings (SSSR count). The zero-order valence-corrected chi connectivity index (χ0v) is 13.8. The number of carbonyl (C=O) groups excluding carboxylic acids is 1. The van der Waals surface area contributed by atoms with Gasteiger partial charge in [0.2, 0.25) is 12.7 Å². The second-order valence-corrected chi connectivity index (χ2v) is 5.34. The first-order valence-corrected chi connectivity index (χ1v) is 7.59. The lowest BCUT2D eigenvalue weighted by Gasteiger charge is -2.03. The third kappa shape index (κ3) is 3.89. The van der Waals surface area contributed by atoms with Crippen LogP contribution >= 0.6 is 0 Å². The summed E-state index contributed by atoms with van der Waals surface area (Å²) in [4.78, 5) is 22.5. The zero-order chi connectivity index (χ0) is 18.5. The summed E-state index contributed by atoms with van der Waals surface area (Å²) in [5, 5.41) is 15.0. The van der Waals surface area contributed by atoms with Crippen molar-refractivity contribution in [2.24, 2.45) is 5.10 Å². The monoisotopic (exact) mass is 357 g/mol. The normalized spacial score (nSPS) is 12.2. The highest BCUT2D eigenvalue weighted by atomic mass is 16.7. The van der Waals surface area contributed by atoms with Crippen molar-refractivity contribution in [1.29, 1.82) is 0 Å². The number of ether oxygens (including phenoxy) is 3. The SMILES string of the molecule is COc1ccc(CC(=O)N/N=C\c2cc3c(cc2[N+](=O)[O-])OCO3)cc1. The van der Waals surface area contributed by atoms with Crippen LogP contribution in [-0.2, 0) is 11.2 Å². The summed E-state index contributed by atoms with van der Waals surface area (Å²) in [7, 11) is 1.56. The molecule has 2 aromatic carbocycles. The van der Waals surface area contributed by atoms with Gasteiger partial charge in [0, 0.05) is 0 Å². The molecule has 134 valence electrons. The van der Waals surface area contributed by atoms with E-state index in [2.05, 4.69) is 10.5 Å². The van der Waals surface area contributed by atoms with E-state index >= 15 is 0 Å². The highest BCUT2D eigenvalue weighted by molar-refractivity contribution is 5.88. The van der Waals surface area contributed by atoms with E-state index in [-0.39, 0.29) is 30.4 Å². The maximum absolute atomic E-state index is 11.9. The number of fused-ring (bicyclic) bond motifs is 1. The molecule has 1 heterocycles. The van der Waals surface area contributed by atoms with Gasteiger partial charge in [-0.25, -0.2) is 5.43 Å². The number of carbonyl (C=O) groups is 1. The van der Waals surface area contributed by atoms with Crippen LogP contribution in [0.4, 0.5) is 5.69 Å². The Morgan fingerprint density at radius 1 is 1.31 bits per heavy atom. The van der Waals surface area contributed by atoms with Crippen molar-refractivity contribution in [3.8, 4) is 17.2 Å². The number of nitrogens with one attached hydrogen (secondary N) is 1. The van der Waals surface area contributed by atoms with E-state index in [9.17, 15) is 14.9 Å². The minimum atomic E-state index is -0.553. The Balaban J connectivity index is 1.66. The van der Waals surface area contributed by atoms with Crippen molar-refractivity contribution >= 4 is 17.8 Å². The minimum absolute atomic E-state index is 0.00564. The molecular weight excluding hydrogens is 342 g/mol. The number of hydrogen-bond acceptors (Lipinski definition) is 7. The number of benzene rings is 2. The van der Waals surface area contributed by atoms with Crippen LogP contribution in [0.15, 0.2) is 41.5 Å². The molecule has 0 radical (unpaired) electrons. The van der Waals surface area contributed by atoms with E-state index in [1.807, 2.05) is 0 Å². The highest BCUT2D eigenvalue weighted by Crippen LogP contribution is 2.37. The van der Waals surface area contributed by atoms with Crippen LogP contribution in [0.25, 0.3) is 0 Å². The number of nitrogens with zero attached hydrogens (tertiary/aromatic N) is 2. The molecule has 0 saturated heterocycles. The van der Waals surface area contributed by atoms with E-state index in [1.54, 1.807) is 31.4 Å². The van der Waals surface area contributed by atoms with Gasteiger partial charge in [0.05, 0.1) is 36.3 Å². The molecule has 0 unspecified atom stereocenters. The van der Waals surface area contributed by atoms with Gasteiger partial charge in [-0.2, -0.15) is 5.10 Å². The lowest BCUT2D eigenvalue weighted by Crippen LogP contribution is -2.19. The molecule has 0 bridgehead atoms. The molecule has 1 amide bonds. The van der Waals surface area contributed by atoms with Gasteiger partial charge >= 0.3 is 0 Å². The fraction of sp³-hybridized carbons (Fsp3) is 0.176. The van der Waals surface area contributed by atoms with Gasteiger partial charge in [0.1, 0.15) is 5.75 Å². The summed E-state index contributed by atoms with van der Waals surface area (Å²) < 4.78 is 15.4. The van der Waals surface area contributed by atoms with E-state index in [0.717, 1.165) is 5.56 Å². The van der Waals surface area contributed by atoms with Crippen LogP contribution in [0.3, 0.4) is 0 Å². The summed E-state index contributed by atoms with van der Waals surface area (Å²) in [5.41, 5.74) is 3.14. The highest BCUT2D eigenvalue weighted by Gasteiger charge is 2.22. The second-order valence-electron chi connectivity index (χ2n) is 5.34. The zero-order valence-electron chi connectivity index (χ0n) is 13.8. The first-order valence-electron chi connectivity index (χ1n) is 7.59. The first-order chi connectivity index (χ1) is 12.6. The summed E-state index contributed by atoms with van der Waals surface area (Å²) in [6, 6.07) is 9.75. The van der Waals surface area contributed by atoms with Gasteiger partial charge in [-0.15, -0.1) is 0 Å². The fourth-order valence-corrected chi connectivity index (χ4v) is 2.35. The molecule has 1 aliphatic rings. The molecule has 0 spiro atoms. The number of methoxy groups -OCH3 is 1. The van der Waals surface area contributed by atoms with Crippen LogP contribution in [-0.4, -0.2) is 30.9 Å². The van der Waals surface area contributed by atoms with Crippen LogP contribution in [0, 0.1) is 10.1 Å². The molecule has 2 aromatic rings. The molecule has 0 saturated carbocycles. The molecule has 1 N–H and O–H groups in total. The summed E-state index contributed by atoms with van der Waals surface area (Å²) in [5.74, 6) is 1.04. The number of nitro groups is 1. The Morgan fingerprint density at radius 2 is 2.00 bits per heavy atom. The van der Waals surface area contributed by atoms with Gasteiger partial charge in [-0.1, -0.05) is 12.1 Å². The van der Waals surface area contributed by atoms with Crippen molar-refractivity contribution in [3.05, 3.63) is 57.6 Å². The van der Waals surface area contributed by atoms with Gasteiger partial charge in [0.15, 0.2) is 11.5 Å². The standard InChI is InChI=1S/C17H15N3O6/c1-24-13-4-2-11(3-5-13)6-17(21)19-18-9-12-7-15-16(26-10-25-15)8-14(12)20(22)23/h2-5,7-9H,6,10H2,1H3,(H,19,21)/b18-9-. The Bertz CT molecular complexity index is 864. The minimum Gasteiger partial charge on any atom is -0.497 e. The van der Waals surface area contributed by atoms with Crippen molar-refractivity contribution < 1.29 is 23.9 Å². The van der Waals surface area contributed by atoms with E-state index in [1.165, 1.54) is 18.3 Å². The lowest BCUT2D eigenvalue weighted by molar-refractivity contribution is -0.385. The molecule has 26 heavy (non-hydrogen) atoms. The van der Waals surface area contributed by atoms with Crippen molar-refractivity contribution in [2.75, 3.05) is 13.9 Å². The summed E-state index contributed by atoms with van der Waals surface area (Å²) in [6.45, 7) is 0.00564. The number of amides is 1. The predicted molar refractivity (Wildman–Crippen MR) is 91.7 cm³/mol. The average Bonchev–Trinajstić information content (AvgIpc) is 3.09. The summed E-state index contributed by atoms with van der Waals surface area (Å²) >= 11 is 0. The van der Waals surface area contributed by atoms with E-state index in [4.69, 9.17) is 14.2 Å². The molecule has 0 aromatic heterocycles. The van der Waals surface area contributed by atoms with E-state index in [0.29, 0.717) is 17.2 Å². The fourth-order valence-electron chi connectivity index (χ4n) is 2.35. The van der Waals surface area contributed by atoms with Gasteiger partial charge < -0.3 is 14.2 Å². The smallest absolute Gasteiger partial charge is 0.282 e.